The normalized spacial score (nSPS) is 14.6. The Bertz CT molecular complexity index is 1510. The van der Waals surface area contributed by atoms with Crippen molar-refractivity contribution >= 4 is 28.6 Å². The van der Waals surface area contributed by atoms with E-state index in [2.05, 4.69) is 29.6 Å². The van der Waals surface area contributed by atoms with Crippen LogP contribution in [0.25, 0.3) is 22.3 Å². The number of anilines is 1. The third kappa shape index (κ3) is 6.08. The van der Waals surface area contributed by atoms with Crippen LogP contribution < -0.4 is 10.2 Å². The van der Waals surface area contributed by atoms with Crippen LogP contribution in [0, 0.1) is 0 Å². The summed E-state index contributed by atoms with van der Waals surface area (Å²) in [6, 6.07) is 22.0. The number of unbranched alkanes of at least 4 members (excludes halogenated alkanes) is 1. The molecule has 1 amide bonds. The molecule has 0 saturated carbocycles. The van der Waals surface area contributed by atoms with Gasteiger partial charge in [-0.25, -0.2) is 9.97 Å². The lowest BCUT2D eigenvalue weighted by atomic mass is 9.87. The fourth-order valence-electron chi connectivity index (χ4n) is 5.28. The monoisotopic (exact) mass is 522 g/mol. The van der Waals surface area contributed by atoms with Crippen molar-refractivity contribution in [1.29, 1.82) is 0 Å². The first-order valence-electron chi connectivity index (χ1n) is 13.6. The van der Waals surface area contributed by atoms with Gasteiger partial charge in [-0.2, -0.15) is 0 Å². The average molecular weight is 523 g/mol. The summed E-state index contributed by atoms with van der Waals surface area (Å²) in [4.78, 5) is 36.3. The highest BCUT2D eigenvalue weighted by Gasteiger charge is 2.22. The molecule has 3 aromatic carbocycles. The van der Waals surface area contributed by atoms with Crippen molar-refractivity contribution in [3.63, 3.8) is 0 Å². The van der Waals surface area contributed by atoms with Crippen molar-refractivity contribution < 1.29 is 14.7 Å². The zero-order valence-corrected chi connectivity index (χ0v) is 22.5. The smallest absolute Gasteiger partial charge is 0.303 e. The molecule has 0 spiro atoms. The van der Waals surface area contributed by atoms with Gasteiger partial charge in [-0.3, -0.25) is 9.59 Å². The highest BCUT2D eigenvalue weighted by molar-refractivity contribution is 5.97. The van der Waals surface area contributed by atoms with E-state index in [1.54, 1.807) is 0 Å². The van der Waals surface area contributed by atoms with E-state index in [9.17, 15) is 9.59 Å². The van der Waals surface area contributed by atoms with Crippen LogP contribution in [0.4, 0.5) is 5.69 Å². The van der Waals surface area contributed by atoms with Gasteiger partial charge in [-0.15, -0.1) is 0 Å². The van der Waals surface area contributed by atoms with Crippen molar-refractivity contribution in [3.05, 3.63) is 89.1 Å². The molecule has 1 heterocycles. The lowest BCUT2D eigenvalue weighted by Gasteiger charge is -2.26. The number of hydrogen-bond donors (Lipinski definition) is 2. The van der Waals surface area contributed by atoms with E-state index in [-0.39, 0.29) is 18.4 Å². The number of nitrogens with zero attached hydrogens (tertiary/aromatic N) is 3. The molecule has 200 valence electrons. The molecule has 39 heavy (non-hydrogen) atoms. The van der Waals surface area contributed by atoms with Gasteiger partial charge in [-0.1, -0.05) is 36.4 Å². The van der Waals surface area contributed by atoms with Gasteiger partial charge in [0.2, 0.25) is 0 Å². The molecule has 1 aliphatic carbocycles. The number of aliphatic carboxylic acids is 1. The molecule has 0 radical (unpaired) electrons. The largest absolute Gasteiger partial charge is 0.481 e. The molecule has 2 N–H and O–H groups in total. The number of carbonyl (C=O) groups is 2. The minimum Gasteiger partial charge on any atom is -0.481 e. The van der Waals surface area contributed by atoms with Crippen molar-refractivity contribution in [2.24, 2.45) is 0 Å². The number of carbonyl (C=O) groups excluding carboxylic acids is 1. The summed E-state index contributed by atoms with van der Waals surface area (Å²) in [6.45, 7) is 0. The van der Waals surface area contributed by atoms with Gasteiger partial charge in [0.1, 0.15) is 0 Å². The van der Waals surface area contributed by atoms with Gasteiger partial charge in [0.25, 0.3) is 5.91 Å². The van der Waals surface area contributed by atoms with Crippen LogP contribution >= 0.6 is 0 Å². The molecular formula is C32H34N4O3. The fourth-order valence-corrected chi connectivity index (χ4v) is 5.28. The molecule has 5 rings (SSSR count). The van der Waals surface area contributed by atoms with Gasteiger partial charge in [0, 0.05) is 37.3 Å². The Morgan fingerprint density at radius 3 is 2.64 bits per heavy atom. The quantitative estimate of drug-likeness (QED) is 0.263. The Labute approximate surface area is 228 Å². The summed E-state index contributed by atoms with van der Waals surface area (Å²) in [5, 5.41) is 12.3. The lowest BCUT2D eigenvalue weighted by molar-refractivity contribution is -0.137. The van der Waals surface area contributed by atoms with E-state index >= 15 is 0 Å². The second-order valence-electron chi connectivity index (χ2n) is 10.4. The summed E-state index contributed by atoms with van der Waals surface area (Å²) >= 11 is 0. The van der Waals surface area contributed by atoms with Gasteiger partial charge in [0.05, 0.1) is 28.5 Å². The molecular weight excluding hydrogens is 488 g/mol. The first-order valence-corrected chi connectivity index (χ1v) is 13.6. The summed E-state index contributed by atoms with van der Waals surface area (Å²) in [5.41, 5.74) is 8.05. The van der Waals surface area contributed by atoms with Gasteiger partial charge >= 0.3 is 5.97 Å². The minimum absolute atomic E-state index is 0.000349. The predicted molar refractivity (Wildman–Crippen MR) is 154 cm³/mol. The number of carboxylic acids is 1. The number of aromatic nitrogens is 2. The van der Waals surface area contributed by atoms with Crippen LogP contribution in [-0.2, 0) is 17.6 Å². The van der Waals surface area contributed by atoms with E-state index in [1.165, 1.54) is 11.1 Å². The van der Waals surface area contributed by atoms with Crippen LogP contribution in [-0.4, -0.2) is 41.0 Å². The van der Waals surface area contributed by atoms with E-state index < -0.39 is 5.97 Å². The first kappa shape index (κ1) is 26.4. The summed E-state index contributed by atoms with van der Waals surface area (Å²) in [5.74, 6) is -0.916. The number of rotatable bonds is 9. The minimum atomic E-state index is -0.797. The number of carboxylic acid groups (broad SMARTS) is 1. The predicted octanol–water partition coefficient (Wildman–Crippen LogP) is 5.97. The number of nitrogens with one attached hydrogen (secondary N) is 1. The third-order valence-electron chi connectivity index (χ3n) is 7.36. The van der Waals surface area contributed by atoms with Crippen LogP contribution in [0.15, 0.2) is 66.7 Å². The Balaban J connectivity index is 1.46. The molecule has 0 saturated heterocycles. The van der Waals surface area contributed by atoms with Crippen LogP contribution in [0.3, 0.4) is 0 Å². The van der Waals surface area contributed by atoms with Crippen molar-refractivity contribution in [1.82, 2.24) is 15.3 Å². The summed E-state index contributed by atoms with van der Waals surface area (Å²) < 4.78 is 0. The zero-order chi connectivity index (χ0) is 27.4. The Morgan fingerprint density at radius 2 is 1.82 bits per heavy atom. The Morgan fingerprint density at radius 1 is 0.974 bits per heavy atom. The summed E-state index contributed by atoms with van der Waals surface area (Å²) in [6.07, 6.45) is 5.00. The second kappa shape index (κ2) is 11.6. The number of amides is 1. The molecule has 1 unspecified atom stereocenters. The maximum atomic E-state index is 13.3. The molecule has 0 aliphatic heterocycles. The fraction of sp³-hybridized carbons (Fsp3) is 0.312. The third-order valence-corrected chi connectivity index (χ3v) is 7.36. The maximum absolute atomic E-state index is 13.3. The summed E-state index contributed by atoms with van der Waals surface area (Å²) in [7, 11) is 3.99. The molecule has 4 aromatic rings. The van der Waals surface area contributed by atoms with Gasteiger partial charge in [0.15, 0.2) is 0 Å². The first-order chi connectivity index (χ1) is 18.9. The van der Waals surface area contributed by atoms with E-state index in [0.29, 0.717) is 35.9 Å². The maximum Gasteiger partial charge on any atom is 0.303 e. The van der Waals surface area contributed by atoms with Crippen LogP contribution in [0.2, 0.25) is 0 Å². The molecule has 0 fully saturated rings. The highest BCUT2D eigenvalue weighted by atomic mass is 16.4. The van der Waals surface area contributed by atoms with E-state index in [4.69, 9.17) is 15.1 Å². The number of hydrogen-bond acceptors (Lipinski definition) is 5. The molecule has 1 atom stereocenters. The topological polar surface area (TPSA) is 95.4 Å². The Hall–Kier alpha value is -4.26. The highest BCUT2D eigenvalue weighted by Crippen LogP contribution is 2.31. The number of aryl methyl sites for hydroxylation is 2. The SMILES string of the molecule is CN(C)c1cccc(-c2nc3ccc(C(=O)NC4CCCc5ccccc54)cc3nc2CCCCC(=O)O)c1. The van der Waals surface area contributed by atoms with Crippen LogP contribution in [0.1, 0.15) is 65.3 Å². The number of benzene rings is 3. The lowest BCUT2D eigenvalue weighted by Crippen LogP contribution is -2.31. The van der Waals surface area contributed by atoms with Crippen molar-refractivity contribution in [3.8, 4) is 11.3 Å². The second-order valence-corrected chi connectivity index (χ2v) is 10.4. The number of fused-ring (bicyclic) bond motifs is 2. The molecule has 1 aliphatic rings. The molecule has 0 bridgehead atoms. The average Bonchev–Trinajstić information content (AvgIpc) is 2.94. The van der Waals surface area contributed by atoms with Crippen molar-refractivity contribution in [2.45, 2.75) is 51.0 Å². The van der Waals surface area contributed by atoms with E-state index in [0.717, 1.165) is 41.9 Å². The van der Waals surface area contributed by atoms with Gasteiger partial charge in [-0.05, 0) is 80.0 Å². The van der Waals surface area contributed by atoms with Gasteiger partial charge < -0.3 is 15.3 Å². The van der Waals surface area contributed by atoms with Crippen molar-refractivity contribution in [2.75, 3.05) is 19.0 Å². The van der Waals surface area contributed by atoms with Crippen LogP contribution in [0.5, 0.6) is 0 Å². The standard InChI is InChI=1S/C32H34N4O3/c1-36(2)24-12-7-11-22(19-24)31-28(14-5-6-16-30(37)38)33-29-20-23(17-18-27(29)34-31)32(39)35-26-15-8-10-21-9-3-4-13-25(21)26/h3-4,7,9,11-13,17-20,26H,5-6,8,10,14-16H2,1-2H3,(H,35,39)(H,37,38). The molecule has 1 aromatic heterocycles. The molecule has 7 nitrogen and oxygen atoms in total. The zero-order valence-electron chi connectivity index (χ0n) is 22.5. The van der Waals surface area contributed by atoms with E-state index in [1.807, 2.05) is 61.5 Å². The molecule has 7 heteroatoms. The Kier molecular flexibility index (Phi) is 7.87.